The number of nitrogen functional groups attached to an aromatic ring is 1. The number of carbonyl (C=O) groups excluding carboxylic acids is 1. The van der Waals surface area contributed by atoms with Crippen LogP contribution in [-0.2, 0) is 9.53 Å². The minimum absolute atomic E-state index is 0.238. The highest BCUT2D eigenvalue weighted by Crippen LogP contribution is 2.24. The van der Waals surface area contributed by atoms with Gasteiger partial charge in [0.15, 0.2) is 0 Å². The number of carboxylic acid groups (broad SMARTS) is 1. The van der Waals surface area contributed by atoms with Crippen LogP contribution in [0.4, 0.5) is 5.69 Å². The van der Waals surface area contributed by atoms with Crippen LogP contribution in [-0.4, -0.2) is 37.3 Å². The highest BCUT2D eigenvalue weighted by atomic mass is 16.5. The molecule has 0 fully saturated rings. The summed E-state index contributed by atoms with van der Waals surface area (Å²) in [7, 11) is 1.55. The van der Waals surface area contributed by atoms with Crippen molar-refractivity contribution in [3.63, 3.8) is 0 Å². The summed E-state index contributed by atoms with van der Waals surface area (Å²) in [5.41, 5.74) is 7.14. The van der Waals surface area contributed by atoms with E-state index in [0.29, 0.717) is 23.6 Å². The molecule has 26 heavy (non-hydrogen) atoms. The fraction of sp³-hybridized carbons (Fsp3) is 0.263. The maximum Gasteiger partial charge on any atom is 0.305 e. The Morgan fingerprint density at radius 3 is 2.54 bits per heavy atom. The van der Waals surface area contributed by atoms with Gasteiger partial charge in [0.05, 0.1) is 24.6 Å². The van der Waals surface area contributed by atoms with E-state index in [2.05, 4.69) is 5.32 Å². The summed E-state index contributed by atoms with van der Waals surface area (Å²) in [6.45, 7) is 0.648. The predicted octanol–water partition coefficient (Wildman–Crippen LogP) is 2.24. The van der Waals surface area contributed by atoms with Crippen LogP contribution in [0, 0.1) is 0 Å². The number of methoxy groups -OCH3 is 1. The first-order valence-electron chi connectivity index (χ1n) is 8.10. The summed E-state index contributed by atoms with van der Waals surface area (Å²) < 4.78 is 10.5. The normalized spacial score (nSPS) is 11.6. The second-order valence-electron chi connectivity index (χ2n) is 5.63. The van der Waals surface area contributed by atoms with Crippen molar-refractivity contribution >= 4 is 17.6 Å². The third-order valence-corrected chi connectivity index (χ3v) is 3.68. The zero-order valence-corrected chi connectivity index (χ0v) is 14.5. The van der Waals surface area contributed by atoms with E-state index in [1.807, 2.05) is 6.07 Å². The van der Waals surface area contributed by atoms with Crippen LogP contribution in [0.15, 0.2) is 48.5 Å². The molecule has 1 unspecified atom stereocenters. The summed E-state index contributed by atoms with van der Waals surface area (Å²) in [5.74, 6) is -1.11. The summed E-state index contributed by atoms with van der Waals surface area (Å²) in [6, 6.07) is 13.0. The molecule has 7 heteroatoms. The maximum atomic E-state index is 12.7. The van der Waals surface area contributed by atoms with Gasteiger partial charge in [0.25, 0.3) is 5.91 Å². The molecule has 0 aliphatic heterocycles. The van der Waals surface area contributed by atoms with E-state index in [1.54, 1.807) is 43.5 Å². The number of aliphatic carboxylic acids is 1. The summed E-state index contributed by atoms with van der Waals surface area (Å²) in [4.78, 5) is 23.9. The van der Waals surface area contributed by atoms with Crippen molar-refractivity contribution in [1.82, 2.24) is 5.32 Å². The Kier molecular flexibility index (Phi) is 6.99. The number of hydrogen-bond acceptors (Lipinski definition) is 5. The van der Waals surface area contributed by atoms with Crippen LogP contribution in [0.5, 0.6) is 5.75 Å². The van der Waals surface area contributed by atoms with Gasteiger partial charge < -0.3 is 25.6 Å². The lowest BCUT2D eigenvalue weighted by Gasteiger charge is -2.19. The Hall–Kier alpha value is -3.06. The van der Waals surface area contributed by atoms with Gasteiger partial charge in [0.1, 0.15) is 12.4 Å². The predicted molar refractivity (Wildman–Crippen MR) is 97.1 cm³/mol. The first-order valence-corrected chi connectivity index (χ1v) is 8.10. The number of benzene rings is 2. The molecular weight excluding hydrogens is 336 g/mol. The maximum absolute atomic E-state index is 12.7. The molecule has 0 heterocycles. The lowest BCUT2D eigenvalue weighted by atomic mass is 10.0. The number of carbonyl (C=O) groups is 2. The van der Waals surface area contributed by atoms with Gasteiger partial charge in [-0.05, 0) is 23.8 Å². The molecular formula is C19H22N2O5. The monoisotopic (exact) mass is 358 g/mol. The summed E-state index contributed by atoms with van der Waals surface area (Å²) in [5, 5.41) is 11.9. The van der Waals surface area contributed by atoms with E-state index >= 15 is 0 Å². The van der Waals surface area contributed by atoms with Crippen LogP contribution >= 0.6 is 0 Å². The van der Waals surface area contributed by atoms with E-state index in [0.717, 1.165) is 0 Å². The number of rotatable bonds is 9. The second-order valence-corrected chi connectivity index (χ2v) is 5.63. The highest BCUT2D eigenvalue weighted by molar-refractivity contribution is 5.98. The van der Waals surface area contributed by atoms with Crippen molar-refractivity contribution in [1.29, 1.82) is 0 Å². The molecule has 2 rings (SSSR count). The average Bonchev–Trinajstić information content (AvgIpc) is 2.63. The first kappa shape index (κ1) is 19.3. The number of nitrogens with one attached hydrogen (secondary N) is 1. The zero-order valence-electron chi connectivity index (χ0n) is 14.5. The van der Waals surface area contributed by atoms with E-state index in [-0.39, 0.29) is 18.6 Å². The Morgan fingerprint density at radius 2 is 1.88 bits per heavy atom. The van der Waals surface area contributed by atoms with Gasteiger partial charge in [-0.2, -0.15) is 0 Å². The molecule has 0 aromatic heterocycles. The van der Waals surface area contributed by atoms with Gasteiger partial charge in [0.2, 0.25) is 0 Å². The standard InChI is InChI=1S/C19H22N2O5/c1-25-9-10-26-17-8-7-14(20)11-15(17)19(24)21-16(12-18(22)23)13-5-3-2-4-6-13/h2-8,11,16H,9-10,12,20H2,1H3,(H,21,24)(H,22,23). The third-order valence-electron chi connectivity index (χ3n) is 3.68. The molecule has 0 saturated carbocycles. The van der Waals surface area contributed by atoms with Gasteiger partial charge in [-0.25, -0.2) is 0 Å². The van der Waals surface area contributed by atoms with Crippen molar-refractivity contribution in [2.75, 3.05) is 26.1 Å². The number of hydrogen-bond donors (Lipinski definition) is 3. The Labute approximate surface area is 151 Å². The van der Waals surface area contributed by atoms with Crippen LogP contribution in [0.3, 0.4) is 0 Å². The molecule has 0 spiro atoms. The molecule has 7 nitrogen and oxygen atoms in total. The fourth-order valence-electron chi connectivity index (χ4n) is 2.43. The Morgan fingerprint density at radius 1 is 1.15 bits per heavy atom. The van der Waals surface area contributed by atoms with Gasteiger partial charge in [0, 0.05) is 12.8 Å². The van der Waals surface area contributed by atoms with Crippen LogP contribution in [0.25, 0.3) is 0 Å². The molecule has 0 aliphatic rings. The van der Waals surface area contributed by atoms with Crippen molar-refractivity contribution in [2.45, 2.75) is 12.5 Å². The van der Waals surface area contributed by atoms with Crippen molar-refractivity contribution in [2.24, 2.45) is 0 Å². The topological polar surface area (TPSA) is 111 Å². The third kappa shape index (κ3) is 5.49. The van der Waals surface area contributed by atoms with Crippen molar-refractivity contribution in [3.05, 3.63) is 59.7 Å². The minimum Gasteiger partial charge on any atom is -0.490 e. The molecule has 138 valence electrons. The average molecular weight is 358 g/mol. The lowest BCUT2D eigenvalue weighted by molar-refractivity contribution is -0.137. The van der Waals surface area contributed by atoms with E-state index in [1.165, 1.54) is 6.07 Å². The van der Waals surface area contributed by atoms with E-state index in [9.17, 15) is 9.59 Å². The van der Waals surface area contributed by atoms with Gasteiger partial charge in [-0.15, -0.1) is 0 Å². The Balaban J connectivity index is 2.23. The van der Waals surface area contributed by atoms with Gasteiger partial charge in [-0.3, -0.25) is 9.59 Å². The van der Waals surface area contributed by atoms with Crippen LogP contribution < -0.4 is 15.8 Å². The SMILES string of the molecule is COCCOc1ccc(N)cc1C(=O)NC(CC(=O)O)c1ccccc1. The molecule has 4 N–H and O–H groups in total. The Bertz CT molecular complexity index is 749. The number of carboxylic acids is 1. The smallest absolute Gasteiger partial charge is 0.305 e. The molecule has 2 aromatic carbocycles. The molecule has 0 bridgehead atoms. The number of nitrogens with two attached hydrogens (primary N) is 1. The van der Waals surface area contributed by atoms with Crippen molar-refractivity contribution < 1.29 is 24.2 Å². The first-order chi connectivity index (χ1) is 12.5. The van der Waals surface area contributed by atoms with Crippen molar-refractivity contribution in [3.8, 4) is 5.75 Å². The van der Waals surface area contributed by atoms with Crippen LogP contribution in [0.2, 0.25) is 0 Å². The molecule has 0 aliphatic carbocycles. The molecule has 0 radical (unpaired) electrons. The minimum atomic E-state index is -1.01. The lowest BCUT2D eigenvalue weighted by Crippen LogP contribution is -2.30. The highest BCUT2D eigenvalue weighted by Gasteiger charge is 2.21. The van der Waals surface area contributed by atoms with E-state index < -0.39 is 17.9 Å². The van der Waals surface area contributed by atoms with Gasteiger partial charge >= 0.3 is 5.97 Å². The largest absolute Gasteiger partial charge is 0.490 e. The number of amides is 1. The quantitative estimate of drug-likeness (QED) is 0.468. The second kappa shape index (κ2) is 9.43. The number of anilines is 1. The summed E-state index contributed by atoms with van der Waals surface area (Å²) in [6.07, 6.45) is -0.238. The summed E-state index contributed by atoms with van der Waals surface area (Å²) >= 11 is 0. The fourth-order valence-corrected chi connectivity index (χ4v) is 2.43. The molecule has 0 saturated heterocycles. The molecule has 2 aromatic rings. The zero-order chi connectivity index (χ0) is 18.9. The molecule has 1 amide bonds. The molecule has 1 atom stereocenters. The number of ether oxygens (including phenoxy) is 2. The van der Waals surface area contributed by atoms with Crippen LogP contribution in [0.1, 0.15) is 28.4 Å². The van der Waals surface area contributed by atoms with Gasteiger partial charge in [-0.1, -0.05) is 30.3 Å². The van der Waals surface area contributed by atoms with E-state index in [4.69, 9.17) is 20.3 Å².